The van der Waals surface area contributed by atoms with Crippen LogP contribution in [0.15, 0.2) is 103 Å². The number of carbonyl (C=O) groups excluding carboxylic acids is 2. The fourth-order valence-corrected chi connectivity index (χ4v) is 4.45. The normalized spacial score (nSPS) is 14.0. The summed E-state index contributed by atoms with van der Waals surface area (Å²) in [5.74, 6) is 0.993. The molecular formula is C31H23N3O7S. The first kappa shape index (κ1) is 28.0. The predicted octanol–water partition coefficient (Wildman–Crippen LogP) is 5.81. The number of thiocarbonyl (C=S) groups is 1. The van der Waals surface area contributed by atoms with Crippen molar-refractivity contribution < 1.29 is 28.7 Å². The monoisotopic (exact) mass is 581 g/mol. The zero-order valence-electron chi connectivity index (χ0n) is 22.2. The van der Waals surface area contributed by atoms with Gasteiger partial charge in [0.2, 0.25) is 0 Å². The largest absolute Gasteiger partial charge is 0.496 e. The number of nitrogens with zero attached hydrogens (tertiary/aromatic N) is 2. The molecule has 0 saturated carbocycles. The van der Waals surface area contributed by atoms with Crippen LogP contribution in [-0.4, -0.2) is 29.0 Å². The van der Waals surface area contributed by atoms with Gasteiger partial charge in [-0.05, 0) is 84.5 Å². The summed E-state index contributed by atoms with van der Waals surface area (Å²) in [5, 5.41) is 13.4. The molecule has 210 valence electrons. The number of nitrogens with one attached hydrogen (secondary N) is 1. The van der Waals surface area contributed by atoms with Gasteiger partial charge in [0.05, 0.1) is 17.7 Å². The van der Waals surface area contributed by atoms with Gasteiger partial charge in [0.25, 0.3) is 17.5 Å². The first-order valence-corrected chi connectivity index (χ1v) is 13.0. The van der Waals surface area contributed by atoms with Crippen LogP contribution >= 0.6 is 12.2 Å². The maximum atomic E-state index is 13.5. The van der Waals surface area contributed by atoms with Crippen molar-refractivity contribution in [2.75, 3.05) is 12.0 Å². The van der Waals surface area contributed by atoms with Crippen LogP contribution in [0.5, 0.6) is 23.0 Å². The molecule has 2 amide bonds. The van der Waals surface area contributed by atoms with E-state index in [4.69, 9.17) is 26.4 Å². The maximum Gasteiger partial charge on any atom is 0.270 e. The summed E-state index contributed by atoms with van der Waals surface area (Å²) in [6.07, 6.45) is 1.47. The van der Waals surface area contributed by atoms with E-state index in [9.17, 15) is 19.7 Å². The molecule has 0 radical (unpaired) electrons. The highest BCUT2D eigenvalue weighted by Crippen LogP contribution is 2.28. The summed E-state index contributed by atoms with van der Waals surface area (Å²) in [4.78, 5) is 38.0. The Balaban J connectivity index is 1.35. The Kier molecular flexibility index (Phi) is 8.21. The fraction of sp³-hybridized carbons (Fsp3) is 0.0645. The number of hydrogen-bond acceptors (Lipinski definition) is 8. The average molecular weight is 582 g/mol. The van der Waals surface area contributed by atoms with E-state index in [-0.39, 0.29) is 23.0 Å². The minimum atomic E-state index is -0.621. The number of methoxy groups -OCH3 is 1. The fourth-order valence-electron chi connectivity index (χ4n) is 4.17. The molecule has 42 heavy (non-hydrogen) atoms. The van der Waals surface area contributed by atoms with Crippen LogP contribution in [0.2, 0.25) is 0 Å². The van der Waals surface area contributed by atoms with Gasteiger partial charge in [-0.15, -0.1) is 0 Å². The van der Waals surface area contributed by atoms with E-state index in [1.807, 2.05) is 30.3 Å². The molecule has 0 bridgehead atoms. The van der Waals surface area contributed by atoms with Crippen molar-refractivity contribution in [3.63, 3.8) is 0 Å². The number of nitro groups is 1. The van der Waals surface area contributed by atoms with E-state index >= 15 is 0 Å². The van der Waals surface area contributed by atoms with Gasteiger partial charge in [0, 0.05) is 17.7 Å². The zero-order valence-corrected chi connectivity index (χ0v) is 23.0. The molecule has 1 aliphatic rings. The Labute approximate surface area is 245 Å². The molecule has 1 fully saturated rings. The number of hydrogen-bond donors (Lipinski definition) is 1. The van der Waals surface area contributed by atoms with Gasteiger partial charge < -0.3 is 14.2 Å². The van der Waals surface area contributed by atoms with Crippen LogP contribution in [0.4, 0.5) is 11.4 Å². The topological polar surface area (TPSA) is 120 Å². The van der Waals surface area contributed by atoms with Crippen LogP contribution in [0.3, 0.4) is 0 Å². The van der Waals surface area contributed by atoms with Gasteiger partial charge in [0.1, 0.15) is 35.2 Å². The maximum absolute atomic E-state index is 13.5. The van der Waals surface area contributed by atoms with Crippen molar-refractivity contribution in [3.05, 3.63) is 124 Å². The van der Waals surface area contributed by atoms with E-state index < -0.39 is 16.7 Å². The smallest absolute Gasteiger partial charge is 0.270 e. The molecule has 0 aliphatic carbocycles. The number of non-ortho nitro benzene ring substituents is 1. The molecular weight excluding hydrogens is 558 g/mol. The van der Waals surface area contributed by atoms with E-state index in [0.29, 0.717) is 39.8 Å². The molecule has 1 N–H and O–H groups in total. The number of carbonyl (C=O) groups is 2. The minimum Gasteiger partial charge on any atom is -0.496 e. The van der Waals surface area contributed by atoms with Gasteiger partial charge >= 0.3 is 0 Å². The van der Waals surface area contributed by atoms with E-state index in [0.717, 1.165) is 0 Å². The lowest BCUT2D eigenvalue weighted by molar-refractivity contribution is -0.384. The molecule has 0 spiro atoms. The van der Waals surface area contributed by atoms with Gasteiger partial charge in [-0.2, -0.15) is 0 Å². The van der Waals surface area contributed by atoms with Gasteiger partial charge in [-0.1, -0.05) is 24.3 Å². The molecule has 1 saturated heterocycles. The van der Waals surface area contributed by atoms with E-state index in [2.05, 4.69) is 5.32 Å². The van der Waals surface area contributed by atoms with E-state index in [1.54, 1.807) is 42.5 Å². The van der Waals surface area contributed by atoms with E-state index in [1.165, 1.54) is 42.4 Å². The Morgan fingerprint density at radius 2 is 1.57 bits per heavy atom. The molecule has 1 heterocycles. The quantitative estimate of drug-likeness (QED) is 0.0865. The van der Waals surface area contributed by atoms with Gasteiger partial charge in [-0.25, -0.2) is 0 Å². The van der Waals surface area contributed by atoms with Gasteiger partial charge in [0.15, 0.2) is 5.11 Å². The van der Waals surface area contributed by atoms with Crippen LogP contribution in [0.1, 0.15) is 11.1 Å². The predicted molar refractivity (Wildman–Crippen MR) is 160 cm³/mol. The summed E-state index contributed by atoms with van der Waals surface area (Å²) >= 11 is 5.32. The standard InChI is InChI=1S/C31H23N3O7S/c1-39-28-16-7-20(17-21(28)19-40-24-12-10-23(11-13-24)34(37)38)18-27-29(35)32-31(42)33(30(27)36)22-8-14-26(15-9-22)41-25-5-3-2-4-6-25/h2-18H,19H2,1H3,(H,32,35,42)/b27-18+. The molecule has 0 aromatic heterocycles. The Morgan fingerprint density at radius 1 is 0.905 bits per heavy atom. The van der Waals surface area contributed by atoms with Crippen LogP contribution in [0.25, 0.3) is 6.08 Å². The van der Waals surface area contributed by atoms with Crippen LogP contribution in [0, 0.1) is 10.1 Å². The summed E-state index contributed by atoms with van der Waals surface area (Å²) in [5.41, 5.74) is 1.49. The zero-order chi connectivity index (χ0) is 29.6. The molecule has 5 rings (SSSR count). The molecule has 10 nitrogen and oxygen atoms in total. The van der Waals surface area contributed by atoms with Crippen molar-refractivity contribution in [1.82, 2.24) is 5.32 Å². The number of benzene rings is 4. The lowest BCUT2D eigenvalue weighted by Gasteiger charge is -2.29. The third-order valence-corrected chi connectivity index (χ3v) is 6.52. The number of rotatable bonds is 9. The number of anilines is 1. The Morgan fingerprint density at radius 3 is 2.24 bits per heavy atom. The third-order valence-electron chi connectivity index (χ3n) is 6.23. The molecule has 0 unspecified atom stereocenters. The average Bonchev–Trinajstić information content (AvgIpc) is 2.99. The summed E-state index contributed by atoms with van der Waals surface area (Å²) in [6.45, 7) is 0.0752. The summed E-state index contributed by atoms with van der Waals surface area (Å²) in [6, 6.07) is 26.9. The third kappa shape index (κ3) is 6.26. The highest BCUT2D eigenvalue weighted by Gasteiger charge is 2.34. The second-order valence-electron chi connectivity index (χ2n) is 8.98. The summed E-state index contributed by atoms with van der Waals surface area (Å²) in [7, 11) is 1.51. The molecule has 1 aliphatic heterocycles. The van der Waals surface area contributed by atoms with Gasteiger partial charge in [-0.3, -0.25) is 29.9 Å². The molecule has 4 aromatic rings. The lowest BCUT2D eigenvalue weighted by Crippen LogP contribution is -2.54. The highest BCUT2D eigenvalue weighted by atomic mass is 32.1. The number of amides is 2. The molecule has 0 atom stereocenters. The number of nitro benzene ring substituents is 1. The highest BCUT2D eigenvalue weighted by molar-refractivity contribution is 7.80. The number of para-hydroxylation sites is 1. The van der Waals surface area contributed by atoms with Crippen molar-refractivity contribution in [1.29, 1.82) is 0 Å². The number of ether oxygens (including phenoxy) is 3. The molecule has 4 aromatic carbocycles. The first-order valence-electron chi connectivity index (χ1n) is 12.6. The second kappa shape index (κ2) is 12.3. The van der Waals surface area contributed by atoms with Crippen molar-refractivity contribution >= 4 is 46.6 Å². The minimum absolute atomic E-state index is 0.0363. The SMILES string of the molecule is COc1ccc(/C=C2\C(=O)NC(=S)N(c3ccc(Oc4ccccc4)cc3)C2=O)cc1COc1ccc([N+](=O)[O-])cc1. The summed E-state index contributed by atoms with van der Waals surface area (Å²) < 4.78 is 17.0. The van der Waals surface area contributed by atoms with Crippen molar-refractivity contribution in [2.24, 2.45) is 0 Å². The van der Waals surface area contributed by atoms with Crippen molar-refractivity contribution in [2.45, 2.75) is 6.61 Å². The van der Waals surface area contributed by atoms with Crippen LogP contribution < -0.4 is 24.4 Å². The molecule has 11 heteroatoms. The van der Waals surface area contributed by atoms with Crippen molar-refractivity contribution in [3.8, 4) is 23.0 Å². The lowest BCUT2D eigenvalue weighted by atomic mass is 10.0. The second-order valence-corrected chi connectivity index (χ2v) is 9.36. The van der Waals surface area contributed by atoms with Crippen LogP contribution in [-0.2, 0) is 16.2 Å². The Bertz CT molecular complexity index is 1690. The Hall–Kier alpha value is -5.55. The first-order chi connectivity index (χ1) is 20.3.